The van der Waals surface area contributed by atoms with E-state index in [0.29, 0.717) is 22.0 Å². The zero-order valence-electron chi connectivity index (χ0n) is 17.0. The van der Waals surface area contributed by atoms with Gasteiger partial charge in [-0.2, -0.15) is 0 Å². The topological polar surface area (TPSA) is 108 Å². The first-order valence-electron chi connectivity index (χ1n) is 9.58. The number of amides is 1. The summed E-state index contributed by atoms with van der Waals surface area (Å²) in [6.45, 7) is -0.316. The van der Waals surface area contributed by atoms with E-state index < -0.39 is 17.2 Å². The minimum absolute atomic E-state index is 0.0242. The number of benzene rings is 1. The third-order valence-electron chi connectivity index (χ3n) is 4.81. The lowest BCUT2D eigenvalue weighted by atomic mass is 10.2. The van der Waals surface area contributed by atoms with Crippen LogP contribution in [-0.2, 0) is 17.9 Å². The lowest BCUT2D eigenvalue weighted by Gasteiger charge is -2.15. The summed E-state index contributed by atoms with van der Waals surface area (Å²) in [5.41, 5.74) is 0.284. The molecule has 0 aliphatic carbocycles. The number of fused-ring (bicyclic) bond motifs is 1. The van der Waals surface area contributed by atoms with E-state index in [2.05, 4.69) is 15.3 Å². The molecular weight excluding hydrogens is 434 g/mol. The van der Waals surface area contributed by atoms with Gasteiger partial charge >= 0.3 is 5.69 Å². The van der Waals surface area contributed by atoms with Gasteiger partial charge in [-0.05, 0) is 48.0 Å². The summed E-state index contributed by atoms with van der Waals surface area (Å²) in [5, 5.41) is 3.12. The van der Waals surface area contributed by atoms with Crippen LogP contribution in [0.1, 0.15) is 5.56 Å². The summed E-state index contributed by atoms with van der Waals surface area (Å²) < 4.78 is 7.52. The van der Waals surface area contributed by atoms with Crippen molar-refractivity contribution in [3.63, 3.8) is 0 Å². The number of halogens is 1. The van der Waals surface area contributed by atoms with Crippen LogP contribution in [0.15, 0.2) is 70.6 Å². The van der Waals surface area contributed by atoms with Gasteiger partial charge in [-0.3, -0.25) is 23.7 Å². The Hall–Kier alpha value is -3.98. The molecule has 3 heterocycles. The van der Waals surface area contributed by atoms with Gasteiger partial charge in [-0.1, -0.05) is 11.6 Å². The molecule has 1 aromatic carbocycles. The molecule has 0 saturated heterocycles. The third kappa shape index (κ3) is 4.23. The SMILES string of the molecule is COc1ccc(Cl)cc1NC(=O)Cn1c(=O)n(Cc2ccncc2)c(=O)c2ncccc21. The Bertz CT molecular complexity index is 1420. The number of hydrogen-bond acceptors (Lipinski definition) is 6. The van der Waals surface area contributed by atoms with Gasteiger partial charge in [-0.25, -0.2) is 9.78 Å². The highest BCUT2D eigenvalue weighted by atomic mass is 35.5. The van der Waals surface area contributed by atoms with Gasteiger partial charge in [0.1, 0.15) is 12.3 Å². The highest BCUT2D eigenvalue weighted by Crippen LogP contribution is 2.27. The monoisotopic (exact) mass is 451 g/mol. The van der Waals surface area contributed by atoms with E-state index in [4.69, 9.17) is 16.3 Å². The zero-order valence-corrected chi connectivity index (χ0v) is 17.7. The molecule has 0 unspecified atom stereocenters. The van der Waals surface area contributed by atoms with Gasteiger partial charge in [0.25, 0.3) is 5.56 Å². The molecule has 4 aromatic rings. The van der Waals surface area contributed by atoms with E-state index >= 15 is 0 Å². The first-order valence-corrected chi connectivity index (χ1v) is 9.96. The van der Waals surface area contributed by atoms with Crippen LogP contribution in [0, 0.1) is 0 Å². The molecule has 1 amide bonds. The average molecular weight is 452 g/mol. The molecule has 0 aliphatic heterocycles. The number of methoxy groups -OCH3 is 1. The number of rotatable bonds is 6. The van der Waals surface area contributed by atoms with Crippen molar-refractivity contribution in [2.24, 2.45) is 0 Å². The molecular formula is C22H18ClN5O4. The molecule has 3 aromatic heterocycles. The van der Waals surface area contributed by atoms with Crippen LogP contribution < -0.4 is 21.3 Å². The van der Waals surface area contributed by atoms with Gasteiger partial charge in [-0.15, -0.1) is 0 Å². The molecule has 9 nitrogen and oxygen atoms in total. The second kappa shape index (κ2) is 9.03. The van der Waals surface area contributed by atoms with Crippen LogP contribution in [-0.4, -0.2) is 32.1 Å². The number of aromatic nitrogens is 4. The van der Waals surface area contributed by atoms with Crippen LogP contribution in [0.4, 0.5) is 5.69 Å². The summed E-state index contributed by atoms with van der Waals surface area (Å²) in [5.74, 6) is -0.0730. The van der Waals surface area contributed by atoms with E-state index in [9.17, 15) is 14.4 Å². The molecule has 10 heteroatoms. The highest BCUT2D eigenvalue weighted by molar-refractivity contribution is 6.31. The molecule has 0 radical (unpaired) electrons. The smallest absolute Gasteiger partial charge is 0.332 e. The normalized spacial score (nSPS) is 10.8. The van der Waals surface area contributed by atoms with Crippen molar-refractivity contribution in [2.45, 2.75) is 13.1 Å². The Morgan fingerprint density at radius 1 is 1.09 bits per heavy atom. The van der Waals surface area contributed by atoms with E-state index in [0.717, 1.165) is 4.57 Å². The summed E-state index contributed by atoms with van der Waals surface area (Å²) in [6, 6.07) is 11.4. The molecule has 0 aliphatic rings. The summed E-state index contributed by atoms with van der Waals surface area (Å²) in [6.07, 6.45) is 4.61. The fourth-order valence-electron chi connectivity index (χ4n) is 3.32. The van der Waals surface area contributed by atoms with E-state index in [1.165, 1.54) is 17.9 Å². The third-order valence-corrected chi connectivity index (χ3v) is 5.05. The number of nitrogens with zero attached hydrogens (tertiary/aromatic N) is 4. The summed E-state index contributed by atoms with van der Waals surface area (Å²) in [4.78, 5) is 47.1. The molecule has 0 bridgehead atoms. The van der Waals surface area contributed by atoms with Crippen molar-refractivity contribution in [1.82, 2.24) is 19.1 Å². The molecule has 32 heavy (non-hydrogen) atoms. The lowest BCUT2D eigenvalue weighted by molar-refractivity contribution is -0.116. The van der Waals surface area contributed by atoms with E-state index in [1.54, 1.807) is 54.9 Å². The van der Waals surface area contributed by atoms with Gasteiger partial charge in [0.2, 0.25) is 5.91 Å². The molecule has 162 valence electrons. The van der Waals surface area contributed by atoms with E-state index in [1.807, 2.05) is 0 Å². The highest BCUT2D eigenvalue weighted by Gasteiger charge is 2.17. The molecule has 0 saturated carbocycles. The van der Waals surface area contributed by atoms with Gasteiger partial charge < -0.3 is 10.1 Å². The van der Waals surface area contributed by atoms with Gasteiger partial charge in [0.05, 0.1) is 24.9 Å². The number of carbonyl (C=O) groups is 1. The molecule has 0 spiro atoms. The summed E-state index contributed by atoms with van der Waals surface area (Å²) >= 11 is 6.02. The Labute approximate surface area is 186 Å². The van der Waals surface area contributed by atoms with Gasteiger partial charge in [0, 0.05) is 23.6 Å². The van der Waals surface area contributed by atoms with Crippen LogP contribution in [0.5, 0.6) is 5.75 Å². The fraction of sp³-hybridized carbons (Fsp3) is 0.136. The largest absolute Gasteiger partial charge is 0.495 e. The maximum Gasteiger partial charge on any atom is 0.332 e. The van der Waals surface area contributed by atoms with Crippen molar-refractivity contribution in [3.8, 4) is 5.75 Å². The number of hydrogen-bond donors (Lipinski definition) is 1. The first-order chi connectivity index (χ1) is 15.5. The van der Waals surface area contributed by atoms with Crippen LogP contribution in [0.25, 0.3) is 11.0 Å². The number of carbonyl (C=O) groups excluding carboxylic acids is 1. The predicted molar refractivity (Wildman–Crippen MR) is 120 cm³/mol. The maximum absolute atomic E-state index is 13.2. The zero-order chi connectivity index (χ0) is 22.7. The maximum atomic E-state index is 13.2. The van der Waals surface area contributed by atoms with Crippen molar-refractivity contribution in [1.29, 1.82) is 0 Å². The number of anilines is 1. The first kappa shape index (κ1) is 21.3. The Balaban J connectivity index is 1.75. The van der Waals surface area contributed by atoms with Gasteiger partial charge in [0.15, 0.2) is 5.52 Å². The van der Waals surface area contributed by atoms with E-state index in [-0.39, 0.29) is 24.1 Å². The van der Waals surface area contributed by atoms with Crippen LogP contribution >= 0.6 is 11.6 Å². The molecule has 1 N–H and O–H groups in total. The fourth-order valence-corrected chi connectivity index (χ4v) is 3.49. The predicted octanol–water partition coefficient (Wildman–Crippen LogP) is 2.30. The van der Waals surface area contributed by atoms with Crippen molar-refractivity contribution >= 4 is 34.2 Å². The quantitative estimate of drug-likeness (QED) is 0.482. The number of ether oxygens (including phenoxy) is 1. The minimum Gasteiger partial charge on any atom is -0.495 e. The second-order valence-corrected chi connectivity index (χ2v) is 7.32. The number of pyridine rings is 2. The Morgan fingerprint density at radius 3 is 2.62 bits per heavy atom. The standard InChI is InChI=1S/C22H18ClN5O4/c1-32-18-5-4-15(23)11-16(18)26-19(29)13-27-17-3-2-8-25-20(17)21(30)28(22(27)31)12-14-6-9-24-10-7-14/h2-11H,12-13H2,1H3,(H,26,29). The molecule has 4 rings (SSSR count). The van der Waals surface area contributed by atoms with Crippen LogP contribution in [0.3, 0.4) is 0 Å². The average Bonchev–Trinajstić information content (AvgIpc) is 2.80. The van der Waals surface area contributed by atoms with Crippen molar-refractivity contribution in [2.75, 3.05) is 12.4 Å². The lowest BCUT2D eigenvalue weighted by Crippen LogP contribution is -2.42. The Morgan fingerprint density at radius 2 is 1.88 bits per heavy atom. The molecule has 0 atom stereocenters. The number of nitrogens with one attached hydrogen (secondary N) is 1. The minimum atomic E-state index is -0.625. The second-order valence-electron chi connectivity index (χ2n) is 6.88. The summed E-state index contributed by atoms with van der Waals surface area (Å²) in [7, 11) is 1.47. The molecule has 0 fully saturated rings. The Kier molecular flexibility index (Phi) is 6.00. The van der Waals surface area contributed by atoms with Crippen molar-refractivity contribution in [3.05, 3.63) is 92.5 Å². The van der Waals surface area contributed by atoms with Crippen molar-refractivity contribution < 1.29 is 9.53 Å². The van der Waals surface area contributed by atoms with Crippen LogP contribution in [0.2, 0.25) is 5.02 Å².